The number of amides is 1. The Morgan fingerprint density at radius 2 is 2.14 bits per heavy atom. The Bertz CT molecular complexity index is 1190. The first-order valence-electron chi connectivity index (χ1n) is 11.5. The summed E-state index contributed by atoms with van der Waals surface area (Å²) in [4.78, 5) is 23.0. The third-order valence-electron chi connectivity index (χ3n) is 5.76. The van der Waals surface area contributed by atoms with Gasteiger partial charge in [-0.05, 0) is 46.1 Å². The van der Waals surface area contributed by atoms with Crippen molar-refractivity contribution in [2.45, 2.75) is 70.5 Å². The van der Waals surface area contributed by atoms with Gasteiger partial charge in [-0.2, -0.15) is 5.10 Å². The second-order valence-corrected chi connectivity index (χ2v) is 10.0. The van der Waals surface area contributed by atoms with Crippen molar-refractivity contribution in [1.29, 1.82) is 0 Å². The molecular weight excluding hydrogens is 478 g/mol. The van der Waals surface area contributed by atoms with Crippen LogP contribution in [0.3, 0.4) is 0 Å². The van der Waals surface area contributed by atoms with E-state index in [2.05, 4.69) is 15.1 Å². The molecule has 1 amide bonds. The van der Waals surface area contributed by atoms with Crippen LogP contribution in [-0.4, -0.2) is 54.3 Å². The van der Waals surface area contributed by atoms with Gasteiger partial charge in [-0.3, -0.25) is 14.9 Å². The SMILES string of the molecule is CC[C@H](C)NS(=O)(=O)c1cc([N+](=O)[O-])ccc1Oc1c(C)c(C(=O)NC[C@@H]2CCCO2)nn1CC. The number of carbonyl (C=O) groups excluding carboxylic acids is 1. The van der Waals surface area contributed by atoms with Gasteiger partial charge in [0.15, 0.2) is 5.69 Å². The number of nitrogens with zero attached hydrogens (tertiary/aromatic N) is 3. The first-order valence-corrected chi connectivity index (χ1v) is 13.0. The van der Waals surface area contributed by atoms with E-state index < -0.39 is 32.6 Å². The van der Waals surface area contributed by atoms with Crippen molar-refractivity contribution in [3.8, 4) is 11.6 Å². The largest absolute Gasteiger partial charge is 0.438 e. The number of rotatable bonds is 11. The van der Waals surface area contributed by atoms with Gasteiger partial charge in [-0.15, -0.1) is 0 Å². The zero-order valence-electron chi connectivity index (χ0n) is 20.2. The number of nitro groups is 1. The van der Waals surface area contributed by atoms with Crippen LogP contribution >= 0.6 is 0 Å². The normalized spacial score (nSPS) is 16.7. The summed E-state index contributed by atoms with van der Waals surface area (Å²) in [5, 5.41) is 18.5. The summed E-state index contributed by atoms with van der Waals surface area (Å²) >= 11 is 0. The van der Waals surface area contributed by atoms with Gasteiger partial charge in [0.1, 0.15) is 10.6 Å². The van der Waals surface area contributed by atoms with Gasteiger partial charge < -0.3 is 14.8 Å². The number of nitro benzene ring substituents is 1. The molecule has 2 heterocycles. The maximum Gasteiger partial charge on any atom is 0.272 e. The van der Waals surface area contributed by atoms with Gasteiger partial charge in [-0.1, -0.05) is 6.92 Å². The van der Waals surface area contributed by atoms with Crippen molar-refractivity contribution < 1.29 is 27.6 Å². The standard InChI is InChI=1S/C22H31N5O7S/c1-5-14(3)25-35(31,32)19-12-16(27(29)30)9-10-18(19)34-22-15(4)20(24-26(22)6-2)21(28)23-13-17-8-7-11-33-17/h9-10,12,14,17,25H,5-8,11,13H2,1-4H3,(H,23,28)/t14-,17-/m0/s1. The summed E-state index contributed by atoms with van der Waals surface area (Å²) in [6, 6.07) is 2.95. The molecule has 2 N–H and O–H groups in total. The molecule has 1 aliphatic rings. The van der Waals surface area contributed by atoms with Crippen molar-refractivity contribution in [1.82, 2.24) is 19.8 Å². The van der Waals surface area contributed by atoms with Crippen LogP contribution < -0.4 is 14.8 Å². The fourth-order valence-electron chi connectivity index (χ4n) is 3.61. The minimum Gasteiger partial charge on any atom is -0.438 e. The van der Waals surface area contributed by atoms with E-state index in [4.69, 9.17) is 9.47 Å². The molecule has 1 saturated heterocycles. The number of aryl methyl sites for hydroxylation is 1. The Morgan fingerprint density at radius 3 is 2.74 bits per heavy atom. The minimum absolute atomic E-state index is 0.0332. The van der Waals surface area contributed by atoms with Gasteiger partial charge in [-0.25, -0.2) is 17.8 Å². The number of aromatic nitrogens is 2. The molecule has 0 saturated carbocycles. The summed E-state index contributed by atoms with van der Waals surface area (Å²) in [6.07, 6.45) is 2.32. The molecular formula is C22H31N5O7S. The number of sulfonamides is 1. The predicted octanol–water partition coefficient (Wildman–Crippen LogP) is 2.90. The molecule has 1 aliphatic heterocycles. The lowest BCUT2D eigenvalue weighted by molar-refractivity contribution is -0.385. The van der Waals surface area contributed by atoms with Crippen LogP contribution in [-0.2, 0) is 21.3 Å². The monoisotopic (exact) mass is 509 g/mol. The second kappa shape index (κ2) is 11.1. The predicted molar refractivity (Wildman–Crippen MR) is 127 cm³/mol. The third kappa shape index (κ3) is 6.16. The van der Waals surface area contributed by atoms with Crippen LogP contribution in [0.4, 0.5) is 5.69 Å². The van der Waals surface area contributed by atoms with Crippen LogP contribution in [0.1, 0.15) is 56.1 Å². The zero-order valence-corrected chi connectivity index (χ0v) is 21.1. The molecule has 0 unspecified atom stereocenters. The van der Waals surface area contributed by atoms with Crippen molar-refractivity contribution in [2.75, 3.05) is 13.2 Å². The maximum absolute atomic E-state index is 13.0. The molecule has 1 fully saturated rings. The molecule has 35 heavy (non-hydrogen) atoms. The first-order chi connectivity index (χ1) is 16.6. The highest BCUT2D eigenvalue weighted by Crippen LogP contribution is 2.34. The highest BCUT2D eigenvalue weighted by atomic mass is 32.2. The maximum atomic E-state index is 13.0. The second-order valence-electron chi connectivity index (χ2n) is 8.36. The van der Waals surface area contributed by atoms with E-state index in [0.717, 1.165) is 25.0 Å². The van der Waals surface area contributed by atoms with E-state index in [0.29, 0.717) is 31.7 Å². The fourth-order valence-corrected chi connectivity index (χ4v) is 5.09. The van der Waals surface area contributed by atoms with Gasteiger partial charge in [0.05, 0.1) is 11.0 Å². The quantitative estimate of drug-likeness (QED) is 0.346. The van der Waals surface area contributed by atoms with Crippen molar-refractivity contribution in [3.63, 3.8) is 0 Å². The smallest absolute Gasteiger partial charge is 0.272 e. The average molecular weight is 510 g/mol. The molecule has 13 heteroatoms. The summed E-state index contributed by atoms with van der Waals surface area (Å²) in [5.41, 5.74) is 0.161. The number of hydrogen-bond donors (Lipinski definition) is 2. The summed E-state index contributed by atoms with van der Waals surface area (Å²) in [7, 11) is -4.14. The summed E-state index contributed by atoms with van der Waals surface area (Å²) in [5.74, 6) is -0.343. The Kier molecular flexibility index (Phi) is 8.46. The highest BCUT2D eigenvalue weighted by molar-refractivity contribution is 7.89. The molecule has 192 valence electrons. The fraction of sp³-hybridized carbons (Fsp3) is 0.545. The topological polar surface area (TPSA) is 155 Å². The molecule has 1 aromatic heterocycles. The number of nitrogens with one attached hydrogen (secondary N) is 2. The average Bonchev–Trinajstić information content (AvgIpc) is 3.45. The number of hydrogen-bond acceptors (Lipinski definition) is 8. The van der Waals surface area contributed by atoms with Gasteiger partial charge in [0, 0.05) is 43.4 Å². The molecule has 2 atom stereocenters. The Balaban J connectivity index is 1.95. The molecule has 1 aromatic carbocycles. The van der Waals surface area contributed by atoms with Crippen LogP contribution in [0, 0.1) is 17.0 Å². The third-order valence-corrected chi connectivity index (χ3v) is 7.37. The van der Waals surface area contributed by atoms with E-state index in [1.807, 2.05) is 6.92 Å². The lowest BCUT2D eigenvalue weighted by Gasteiger charge is -2.16. The molecule has 0 bridgehead atoms. The highest BCUT2D eigenvalue weighted by Gasteiger charge is 2.28. The number of benzene rings is 1. The molecule has 12 nitrogen and oxygen atoms in total. The van der Waals surface area contributed by atoms with E-state index in [1.165, 1.54) is 10.7 Å². The van der Waals surface area contributed by atoms with E-state index in [9.17, 15) is 23.3 Å². The van der Waals surface area contributed by atoms with E-state index in [1.54, 1.807) is 20.8 Å². The van der Waals surface area contributed by atoms with Gasteiger partial charge in [0.2, 0.25) is 15.9 Å². The molecule has 2 aromatic rings. The Hall–Kier alpha value is -3.03. The lowest BCUT2D eigenvalue weighted by Crippen LogP contribution is -2.32. The molecule has 0 spiro atoms. The van der Waals surface area contributed by atoms with Crippen LogP contribution in [0.25, 0.3) is 0 Å². The molecule has 3 rings (SSSR count). The van der Waals surface area contributed by atoms with Gasteiger partial charge >= 0.3 is 0 Å². The van der Waals surface area contributed by atoms with Crippen LogP contribution in [0.5, 0.6) is 11.6 Å². The summed E-state index contributed by atoms with van der Waals surface area (Å²) in [6.45, 7) is 8.32. The van der Waals surface area contributed by atoms with Gasteiger partial charge in [0.25, 0.3) is 11.6 Å². The van der Waals surface area contributed by atoms with Crippen LogP contribution in [0.2, 0.25) is 0 Å². The van der Waals surface area contributed by atoms with Crippen molar-refractivity contribution in [2.24, 2.45) is 0 Å². The Labute approximate surface area is 204 Å². The zero-order chi connectivity index (χ0) is 25.8. The lowest BCUT2D eigenvalue weighted by atomic mass is 10.2. The summed E-state index contributed by atoms with van der Waals surface area (Å²) < 4.78 is 41.5. The van der Waals surface area contributed by atoms with Crippen LogP contribution in [0.15, 0.2) is 23.1 Å². The number of non-ortho nitro benzene ring substituents is 1. The number of ether oxygens (including phenoxy) is 2. The minimum atomic E-state index is -4.14. The van der Waals surface area contributed by atoms with E-state index >= 15 is 0 Å². The number of carbonyl (C=O) groups is 1. The molecule has 0 aliphatic carbocycles. The van der Waals surface area contributed by atoms with Crippen molar-refractivity contribution >= 4 is 21.6 Å². The van der Waals surface area contributed by atoms with E-state index in [-0.39, 0.29) is 28.3 Å². The Morgan fingerprint density at radius 1 is 1.40 bits per heavy atom. The first kappa shape index (κ1) is 26.6. The molecule has 0 radical (unpaired) electrons. The van der Waals surface area contributed by atoms with Crippen molar-refractivity contribution in [3.05, 3.63) is 39.6 Å².